The molecule has 0 fully saturated rings. The van der Waals surface area contributed by atoms with Gasteiger partial charge >= 0.3 is 5.97 Å². The molecule has 0 saturated heterocycles. The van der Waals surface area contributed by atoms with E-state index in [2.05, 4.69) is 0 Å². The van der Waals surface area contributed by atoms with E-state index in [-0.39, 0.29) is 17.9 Å². The molecule has 3 rings (SSSR count). The fraction of sp³-hybridized carbons (Fsp3) is 0.333. The molecule has 1 aliphatic heterocycles. The molecule has 142 valence electrons. The average molecular weight is 369 g/mol. The van der Waals surface area contributed by atoms with Crippen LogP contribution < -0.4 is 9.47 Å². The number of carboxylic acids is 1. The molecule has 0 radical (unpaired) electrons. The molecule has 1 aliphatic rings. The first-order chi connectivity index (χ1) is 13.0. The maximum absolute atomic E-state index is 12.7. The van der Waals surface area contributed by atoms with E-state index in [0.717, 1.165) is 24.0 Å². The monoisotopic (exact) mass is 369 g/mol. The van der Waals surface area contributed by atoms with Crippen LogP contribution in [0.3, 0.4) is 0 Å². The molecule has 6 heteroatoms. The van der Waals surface area contributed by atoms with Gasteiger partial charge in [0.05, 0.1) is 26.2 Å². The normalized spacial score (nSPS) is 13.5. The highest BCUT2D eigenvalue weighted by Crippen LogP contribution is 2.32. The van der Waals surface area contributed by atoms with Gasteiger partial charge in [0.25, 0.3) is 0 Å². The van der Waals surface area contributed by atoms with Gasteiger partial charge in [0.15, 0.2) is 11.5 Å². The van der Waals surface area contributed by atoms with E-state index in [9.17, 15) is 9.59 Å². The van der Waals surface area contributed by atoms with Crippen LogP contribution in [0.5, 0.6) is 11.5 Å². The van der Waals surface area contributed by atoms with Crippen molar-refractivity contribution in [3.8, 4) is 11.5 Å². The SMILES string of the molecule is COc1cc2c(cc1OC)CCN(C(=O)Cc1cccc(C(=O)O)c1)CC2. The molecule has 2 aromatic rings. The van der Waals surface area contributed by atoms with E-state index in [1.807, 2.05) is 17.0 Å². The highest BCUT2D eigenvalue weighted by atomic mass is 16.5. The number of rotatable bonds is 5. The number of ether oxygens (including phenoxy) is 2. The van der Waals surface area contributed by atoms with Crippen LogP contribution in [-0.4, -0.2) is 49.2 Å². The van der Waals surface area contributed by atoms with Gasteiger partial charge < -0.3 is 19.5 Å². The summed E-state index contributed by atoms with van der Waals surface area (Å²) in [6, 6.07) is 10.5. The van der Waals surface area contributed by atoms with E-state index in [1.54, 1.807) is 32.4 Å². The minimum absolute atomic E-state index is 0.00396. The van der Waals surface area contributed by atoms with Crippen LogP contribution >= 0.6 is 0 Å². The zero-order valence-corrected chi connectivity index (χ0v) is 15.5. The number of nitrogens with zero attached hydrogens (tertiary/aromatic N) is 1. The van der Waals surface area contributed by atoms with Crippen LogP contribution in [0.2, 0.25) is 0 Å². The summed E-state index contributed by atoms with van der Waals surface area (Å²) >= 11 is 0. The molecule has 1 amide bonds. The Bertz CT molecular complexity index is 827. The molecule has 0 aliphatic carbocycles. The van der Waals surface area contributed by atoms with Gasteiger partial charge in [0, 0.05) is 13.1 Å². The summed E-state index contributed by atoms with van der Waals surface area (Å²) in [5.41, 5.74) is 3.24. The minimum atomic E-state index is -0.989. The molecule has 0 aromatic heterocycles. The third-order valence-electron chi connectivity index (χ3n) is 4.89. The molecule has 2 aromatic carbocycles. The van der Waals surface area contributed by atoms with Gasteiger partial charge in [-0.05, 0) is 53.8 Å². The van der Waals surface area contributed by atoms with Crippen molar-refractivity contribution >= 4 is 11.9 Å². The van der Waals surface area contributed by atoms with E-state index in [4.69, 9.17) is 14.6 Å². The second kappa shape index (κ2) is 8.12. The minimum Gasteiger partial charge on any atom is -0.493 e. The van der Waals surface area contributed by atoms with E-state index in [1.165, 1.54) is 6.07 Å². The van der Waals surface area contributed by atoms with E-state index in [0.29, 0.717) is 30.2 Å². The highest BCUT2D eigenvalue weighted by molar-refractivity contribution is 5.88. The number of amides is 1. The maximum Gasteiger partial charge on any atom is 0.335 e. The Morgan fingerprint density at radius 3 is 2.11 bits per heavy atom. The standard InChI is InChI=1S/C21H23NO5/c1-26-18-12-15-6-8-22(9-7-16(15)13-19(18)27-2)20(23)11-14-4-3-5-17(10-14)21(24)25/h3-5,10,12-13H,6-9,11H2,1-2H3,(H,24,25). The van der Waals surface area contributed by atoms with Crippen LogP contribution in [0, 0.1) is 0 Å². The Morgan fingerprint density at radius 1 is 1.00 bits per heavy atom. The number of carbonyl (C=O) groups is 2. The maximum atomic E-state index is 12.7. The molecular weight excluding hydrogens is 346 g/mol. The topological polar surface area (TPSA) is 76.1 Å². The summed E-state index contributed by atoms with van der Waals surface area (Å²) < 4.78 is 10.7. The predicted molar refractivity (Wildman–Crippen MR) is 101 cm³/mol. The van der Waals surface area contributed by atoms with Crippen molar-refractivity contribution in [2.24, 2.45) is 0 Å². The summed E-state index contributed by atoms with van der Waals surface area (Å²) in [5, 5.41) is 9.10. The van der Waals surface area contributed by atoms with Gasteiger partial charge in [-0.25, -0.2) is 4.79 Å². The van der Waals surface area contributed by atoms with Crippen molar-refractivity contribution in [2.45, 2.75) is 19.3 Å². The predicted octanol–water partition coefficient (Wildman–Crippen LogP) is 2.57. The third-order valence-corrected chi connectivity index (χ3v) is 4.89. The molecule has 27 heavy (non-hydrogen) atoms. The zero-order chi connectivity index (χ0) is 19.4. The van der Waals surface area contributed by atoms with Gasteiger partial charge in [-0.15, -0.1) is 0 Å². The Balaban J connectivity index is 1.71. The van der Waals surface area contributed by atoms with E-state index < -0.39 is 5.97 Å². The number of carboxylic acid groups (broad SMARTS) is 1. The third kappa shape index (κ3) is 4.22. The fourth-order valence-electron chi connectivity index (χ4n) is 3.40. The first-order valence-electron chi connectivity index (χ1n) is 8.85. The average Bonchev–Trinajstić information content (AvgIpc) is 2.89. The van der Waals surface area contributed by atoms with Crippen molar-refractivity contribution in [1.82, 2.24) is 4.90 Å². The first kappa shape index (κ1) is 18.8. The largest absolute Gasteiger partial charge is 0.493 e. The van der Waals surface area contributed by atoms with Gasteiger partial charge in [-0.1, -0.05) is 12.1 Å². The summed E-state index contributed by atoms with van der Waals surface area (Å²) in [6.07, 6.45) is 1.69. The number of benzene rings is 2. The van der Waals surface area contributed by atoms with Crippen LogP contribution in [0.4, 0.5) is 0 Å². The Morgan fingerprint density at radius 2 is 1.59 bits per heavy atom. The smallest absolute Gasteiger partial charge is 0.335 e. The number of hydrogen-bond donors (Lipinski definition) is 1. The lowest BCUT2D eigenvalue weighted by Gasteiger charge is -2.20. The number of carbonyl (C=O) groups excluding carboxylic acids is 1. The highest BCUT2D eigenvalue weighted by Gasteiger charge is 2.21. The Labute approximate surface area is 158 Å². The van der Waals surface area contributed by atoms with Crippen LogP contribution in [0.25, 0.3) is 0 Å². The van der Waals surface area contributed by atoms with Gasteiger partial charge in [-0.3, -0.25) is 4.79 Å². The second-order valence-corrected chi connectivity index (χ2v) is 6.54. The summed E-state index contributed by atoms with van der Waals surface area (Å²) in [7, 11) is 3.23. The Kier molecular flexibility index (Phi) is 5.64. The summed E-state index contributed by atoms with van der Waals surface area (Å²) in [6.45, 7) is 1.25. The molecule has 0 bridgehead atoms. The molecule has 0 spiro atoms. The molecule has 1 N–H and O–H groups in total. The van der Waals surface area contributed by atoms with Gasteiger partial charge in [0.2, 0.25) is 5.91 Å². The summed E-state index contributed by atoms with van der Waals surface area (Å²) in [4.78, 5) is 25.7. The number of hydrogen-bond acceptors (Lipinski definition) is 4. The number of fused-ring (bicyclic) bond motifs is 1. The van der Waals surface area contributed by atoms with Crippen molar-refractivity contribution < 1.29 is 24.2 Å². The van der Waals surface area contributed by atoms with Crippen molar-refractivity contribution in [3.05, 3.63) is 58.7 Å². The van der Waals surface area contributed by atoms with Crippen LogP contribution in [-0.2, 0) is 24.1 Å². The van der Waals surface area contributed by atoms with Crippen LogP contribution in [0.1, 0.15) is 27.0 Å². The van der Waals surface area contributed by atoms with Gasteiger partial charge in [0.1, 0.15) is 0 Å². The molecule has 0 atom stereocenters. The molecule has 1 heterocycles. The fourth-order valence-corrected chi connectivity index (χ4v) is 3.40. The second-order valence-electron chi connectivity index (χ2n) is 6.54. The van der Waals surface area contributed by atoms with Crippen LogP contribution in [0.15, 0.2) is 36.4 Å². The molecular formula is C21H23NO5. The number of aromatic carboxylic acids is 1. The quantitative estimate of drug-likeness (QED) is 0.877. The molecule has 6 nitrogen and oxygen atoms in total. The Hall–Kier alpha value is -3.02. The zero-order valence-electron chi connectivity index (χ0n) is 15.5. The number of methoxy groups -OCH3 is 2. The van der Waals surface area contributed by atoms with Gasteiger partial charge in [-0.2, -0.15) is 0 Å². The van der Waals surface area contributed by atoms with E-state index >= 15 is 0 Å². The molecule has 0 saturated carbocycles. The lowest BCUT2D eigenvalue weighted by atomic mass is 10.0. The molecule has 0 unspecified atom stereocenters. The summed E-state index contributed by atoms with van der Waals surface area (Å²) in [5.74, 6) is 0.407. The first-order valence-corrected chi connectivity index (χ1v) is 8.85. The lowest BCUT2D eigenvalue weighted by molar-refractivity contribution is -0.130. The van der Waals surface area contributed by atoms with Crippen molar-refractivity contribution in [3.63, 3.8) is 0 Å². The van der Waals surface area contributed by atoms with Crippen molar-refractivity contribution in [2.75, 3.05) is 27.3 Å². The van der Waals surface area contributed by atoms with Crippen molar-refractivity contribution in [1.29, 1.82) is 0 Å². The lowest BCUT2D eigenvalue weighted by Crippen LogP contribution is -2.34.